The van der Waals surface area contributed by atoms with Crippen molar-refractivity contribution in [3.63, 3.8) is 0 Å². The molecule has 0 saturated carbocycles. The van der Waals surface area contributed by atoms with Crippen molar-refractivity contribution < 1.29 is 17.9 Å². The minimum absolute atomic E-state index is 0.295. The number of ether oxygens (including phenoxy) is 2. The number of rotatable bonds is 5. The monoisotopic (exact) mass is 368 g/mol. The van der Waals surface area contributed by atoms with Gasteiger partial charge in [-0.3, -0.25) is 0 Å². The molecule has 25 heavy (non-hydrogen) atoms. The van der Waals surface area contributed by atoms with Gasteiger partial charge in [0.2, 0.25) is 10.0 Å². The van der Waals surface area contributed by atoms with Crippen LogP contribution in [0.3, 0.4) is 0 Å². The zero-order valence-electron chi connectivity index (χ0n) is 15.1. The van der Waals surface area contributed by atoms with E-state index in [1.807, 2.05) is 0 Å². The van der Waals surface area contributed by atoms with Crippen LogP contribution in [0.15, 0.2) is 23.1 Å². The molecule has 0 radical (unpaired) electrons. The third-order valence-electron chi connectivity index (χ3n) is 4.91. The summed E-state index contributed by atoms with van der Waals surface area (Å²) in [5.74, 6) is 1.76. The van der Waals surface area contributed by atoms with Crippen LogP contribution in [0.1, 0.15) is 25.7 Å². The zero-order valence-corrected chi connectivity index (χ0v) is 15.9. The Bertz CT molecular complexity index is 682. The molecule has 0 aliphatic carbocycles. The van der Waals surface area contributed by atoms with Crippen LogP contribution in [0.4, 0.5) is 0 Å². The van der Waals surface area contributed by atoms with E-state index in [-0.39, 0.29) is 0 Å². The van der Waals surface area contributed by atoms with E-state index in [1.165, 1.54) is 0 Å². The fraction of sp³-hybridized carbons (Fsp3) is 0.667. The molecule has 0 N–H and O–H groups in total. The molecule has 2 aliphatic rings. The molecule has 1 fully saturated rings. The Labute approximate surface area is 150 Å². The Balaban J connectivity index is 1.67. The van der Waals surface area contributed by atoms with Gasteiger partial charge in [-0.15, -0.1) is 0 Å². The number of hydrogen-bond donors (Lipinski definition) is 0. The summed E-state index contributed by atoms with van der Waals surface area (Å²) in [6.45, 7) is 3.39. The molecule has 0 spiro atoms. The largest absolute Gasteiger partial charge is 0.490 e. The van der Waals surface area contributed by atoms with Gasteiger partial charge in [0.15, 0.2) is 11.5 Å². The van der Waals surface area contributed by atoms with Gasteiger partial charge in [-0.1, -0.05) is 0 Å². The molecular weight excluding hydrogens is 340 g/mol. The second-order valence-corrected chi connectivity index (χ2v) is 9.04. The highest BCUT2D eigenvalue weighted by Gasteiger charge is 2.30. The molecule has 7 heteroatoms. The summed E-state index contributed by atoms with van der Waals surface area (Å²) >= 11 is 0. The highest BCUT2D eigenvalue weighted by molar-refractivity contribution is 7.89. The summed E-state index contributed by atoms with van der Waals surface area (Å²) in [5, 5.41) is 0. The summed E-state index contributed by atoms with van der Waals surface area (Å²) in [7, 11) is 0.671. The maximum atomic E-state index is 13.0. The number of sulfonamides is 1. The van der Waals surface area contributed by atoms with E-state index in [4.69, 9.17) is 9.47 Å². The van der Waals surface area contributed by atoms with Crippen molar-refractivity contribution in [1.82, 2.24) is 9.21 Å². The van der Waals surface area contributed by atoms with Crippen LogP contribution < -0.4 is 9.47 Å². The van der Waals surface area contributed by atoms with E-state index in [2.05, 4.69) is 19.0 Å². The molecule has 0 aromatic heterocycles. The van der Waals surface area contributed by atoms with Crippen molar-refractivity contribution in [2.24, 2.45) is 5.92 Å². The normalized spacial score (nSPS) is 19.8. The van der Waals surface area contributed by atoms with Crippen molar-refractivity contribution in [3.8, 4) is 11.5 Å². The van der Waals surface area contributed by atoms with E-state index < -0.39 is 10.0 Å². The molecule has 1 aromatic rings. The van der Waals surface area contributed by atoms with Gasteiger partial charge in [-0.05, 0) is 58.0 Å². The molecule has 0 atom stereocenters. The fourth-order valence-corrected chi connectivity index (χ4v) is 4.82. The van der Waals surface area contributed by atoms with E-state index >= 15 is 0 Å². The van der Waals surface area contributed by atoms with Gasteiger partial charge in [0.05, 0.1) is 18.1 Å². The van der Waals surface area contributed by atoms with Crippen molar-refractivity contribution in [1.29, 1.82) is 0 Å². The summed E-state index contributed by atoms with van der Waals surface area (Å²) in [6, 6.07) is 4.94. The van der Waals surface area contributed by atoms with E-state index in [9.17, 15) is 8.42 Å². The van der Waals surface area contributed by atoms with Gasteiger partial charge >= 0.3 is 0 Å². The van der Waals surface area contributed by atoms with Gasteiger partial charge in [0.1, 0.15) is 0 Å². The van der Waals surface area contributed by atoms with Crippen molar-refractivity contribution in [2.75, 3.05) is 46.9 Å². The summed E-state index contributed by atoms with van der Waals surface area (Å²) in [4.78, 5) is 2.48. The average Bonchev–Trinajstić information content (AvgIpc) is 2.85. The molecule has 6 nitrogen and oxygen atoms in total. The van der Waals surface area contributed by atoms with Crippen LogP contribution in [0, 0.1) is 5.92 Å². The molecule has 0 unspecified atom stereocenters. The molecule has 0 bridgehead atoms. The van der Waals surface area contributed by atoms with E-state index in [0.29, 0.717) is 48.6 Å². The van der Waals surface area contributed by atoms with Crippen LogP contribution in [0.2, 0.25) is 0 Å². The number of nitrogens with zero attached hydrogens (tertiary/aromatic N) is 2. The Morgan fingerprint density at radius 1 is 1.12 bits per heavy atom. The molecule has 1 saturated heterocycles. The number of benzene rings is 1. The Hall–Kier alpha value is -1.31. The molecule has 2 heterocycles. The predicted octanol–water partition coefficient (Wildman–Crippen LogP) is 2.20. The smallest absolute Gasteiger partial charge is 0.243 e. The fourth-order valence-electron chi connectivity index (χ4n) is 3.33. The summed E-state index contributed by atoms with van der Waals surface area (Å²) < 4.78 is 38.7. The number of hydrogen-bond acceptors (Lipinski definition) is 5. The quantitative estimate of drug-likeness (QED) is 0.797. The molecule has 1 aromatic carbocycles. The lowest BCUT2D eigenvalue weighted by Gasteiger charge is -2.31. The minimum atomic E-state index is -3.47. The first kappa shape index (κ1) is 18.5. The first-order valence-corrected chi connectivity index (χ1v) is 10.5. The van der Waals surface area contributed by atoms with Gasteiger partial charge in [-0.2, -0.15) is 4.31 Å². The van der Waals surface area contributed by atoms with Gasteiger partial charge < -0.3 is 14.4 Å². The number of piperidine rings is 1. The standard InChI is InChI=1S/C18H28N2O4S/c1-19(2)9-6-15-7-10-20(11-8-15)25(21,22)16-4-5-17-18(14-16)24-13-3-12-23-17/h4-5,14-15H,3,6-13H2,1-2H3. The lowest BCUT2D eigenvalue weighted by atomic mass is 9.94. The zero-order chi connectivity index (χ0) is 17.9. The lowest BCUT2D eigenvalue weighted by Crippen LogP contribution is -2.39. The van der Waals surface area contributed by atoms with Crippen molar-refractivity contribution in [2.45, 2.75) is 30.6 Å². The third-order valence-corrected chi connectivity index (χ3v) is 6.81. The highest BCUT2D eigenvalue weighted by atomic mass is 32.2. The van der Waals surface area contributed by atoms with Crippen molar-refractivity contribution in [3.05, 3.63) is 18.2 Å². The SMILES string of the molecule is CN(C)CCC1CCN(S(=O)(=O)c2ccc3c(c2)OCCCO3)CC1. The van der Waals surface area contributed by atoms with Crippen molar-refractivity contribution >= 4 is 10.0 Å². The Kier molecular flexibility index (Phi) is 5.86. The first-order chi connectivity index (χ1) is 12.0. The van der Waals surface area contributed by atoms with Gasteiger partial charge in [0, 0.05) is 25.6 Å². The Morgan fingerprint density at radius 2 is 1.80 bits per heavy atom. The lowest BCUT2D eigenvalue weighted by molar-refractivity contribution is 0.243. The third kappa shape index (κ3) is 4.46. The predicted molar refractivity (Wildman–Crippen MR) is 96.7 cm³/mol. The van der Waals surface area contributed by atoms with Crippen LogP contribution >= 0.6 is 0 Å². The van der Waals surface area contributed by atoms with Crippen LogP contribution in [0.25, 0.3) is 0 Å². The van der Waals surface area contributed by atoms with E-state index in [1.54, 1.807) is 22.5 Å². The average molecular weight is 368 g/mol. The molecule has 0 amide bonds. The maximum absolute atomic E-state index is 13.0. The summed E-state index contributed by atoms with van der Waals surface area (Å²) in [6.07, 6.45) is 3.79. The summed E-state index contributed by atoms with van der Waals surface area (Å²) in [5.41, 5.74) is 0. The van der Waals surface area contributed by atoms with Crippen LogP contribution in [0.5, 0.6) is 11.5 Å². The Morgan fingerprint density at radius 3 is 2.48 bits per heavy atom. The topological polar surface area (TPSA) is 59.1 Å². The number of fused-ring (bicyclic) bond motifs is 1. The van der Waals surface area contributed by atoms with Gasteiger partial charge in [-0.25, -0.2) is 8.42 Å². The second kappa shape index (κ2) is 7.93. The maximum Gasteiger partial charge on any atom is 0.243 e. The van der Waals surface area contributed by atoms with Gasteiger partial charge in [0.25, 0.3) is 0 Å². The molecule has 140 valence electrons. The molecule has 3 rings (SSSR count). The first-order valence-electron chi connectivity index (χ1n) is 9.01. The molecule has 2 aliphatic heterocycles. The van der Waals surface area contributed by atoms with Crippen LogP contribution in [-0.2, 0) is 10.0 Å². The second-order valence-electron chi connectivity index (χ2n) is 7.10. The molecular formula is C18H28N2O4S. The van der Waals surface area contributed by atoms with E-state index in [0.717, 1.165) is 32.2 Å². The highest BCUT2D eigenvalue weighted by Crippen LogP contribution is 2.34. The van der Waals surface area contributed by atoms with Crippen LogP contribution in [-0.4, -0.2) is 64.6 Å². The minimum Gasteiger partial charge on any atom is -0.490 e.